The maximum absolute atomic E-state index is 12.8. The number of anilines is 1. The Balaban J connectivity index is 1.35. The van der Waals surface area contributed by atoms with E-state index in [0.29, 0.717) is 34.0 Å². The van der Waals surface area contributed by atoms with E-state index in [0.717, 1.165) is 35.9 Å². The highest BCUT2D eigenvalue weighted by molar-refractivity contribution is 7.99. The van der Waals surface area contributed by atoms with Gasteiger partial charge in [0.2, 0.25) is 11.7 Å². The number of ether oxygens (including phenoxy) is 1. The van der Waals surface area contributed by atoms with Gasteiger partial charge >= 0.3 is 5.97 Å². The van der Waals surface area contributed by atoms with E-state index in [1.54, 1.807) is 6.92 Å². The van der Waals surface area contributed by atoms with Gasteiger partial charge in [0.05, 0.1) is 29.0 Å². The zero-order chi connectivity index (χ0) is 22.2. The molecule has 3 aromatic heterocycles. The zero-order valence-electron chi connectivity index (χ0n) is 17.8. The van der Waals surface area contributed by atoms with Gasteiger partial charge in [0.1, 0.15) is 5.00 Å². The van der Waals surface area contributed by atoms with Gasteiger partial charge in [0.25, 0.3) is 0 Å². The highest BCUT2D eigenvalue weighted by atomic mass is 32.2. The average molecular weight is 470 g/mol. The maximum atomic E-state index is 12.8. The van der Waals surface area contributed by atoms with E-state index in [1.807, 2.05) is 28.7 Å². The Hall–Kier alpha value is -2.85. The van der Waals surface area contributed by atoms with Crippen molar-refractivity contribution in [3.63, 3.8) is 0 Å². The summed E-state index contributed by atoms with van der Waals surface area (Å²) in [5.41, 5.74) is 3.36. The van der Waals surface area contributed by atoms with Crippen molar-refractivity contribution in [2.75, 3.05) is 17.7 Å². The lowest BCUT2D eigenvalue weighted by Gasteiger charge is -2.18. The number of nitrogens with one attached hydrogen (secondary N) is 2. The Morgan fingerprint density at radius 1 is 1.38 bits per heavy atom. The van der Waals surface area contributed by atoms with E-state index in [1.165, 1.54) is 28.0 Å². The fraction of sp³-hybridized carbons (Fsp3) is 0.364. The first kappa shape index (κ1) is 21.0. The third-order valence-electron chi connectivity index (χ3n) is 5.58. The zero-order valence-corrected chi connectivity index (χ0v) is 19.4. The second-order valence-corrected chi connectivity index (χ2v) is 9.93. The topological polar surface area (TPSA) is 101 Å². The van der Waals surface area contributed by atoms with Crippen molar-refractivity contribution in [3.8, 4) is 0 Å². The molecule has 0 aliphatic heterocycles. The molecular weight excluding hydrogens is 446 g/mol. The van der Waals surface area contributed by atoms with E-state index < -0.39 is 0 Å². The molecule has 0 unspecified atom stereocenters. The van der Waals surface area contributed by atoms with Crippen molar-refractivity contribution in [3.05, 3.63) is 40.3 Å². The number of nitrogens with zero attached hydrogens (tertiary/aromatic N) is 3. The molecule has 0 radical (unpaired) electrons. The first-order chi connectivity index (χ1) is 15.5. The summed E-state index contributed by atoms with van der Waals surface area (Å²) in [6, 6.07) is 7.79. The Morgan fingerprint density at radius 3 is 3.06 bits per heavy atom. The Kier molecular flexibility index (Phi) is 5.64. The lowest BCUT2D eigenvalue weighted by molar-refractivity contribution is -0.113. The number of imidazole rings is 1. The number of hydrogen-bond donors (Lipinski definition) is 2. The third kappa shape index (κ3) is 3.77. The normalized spacial score (nSPS) is 15.8. The SMILES string of the molecule is CCOC(=O)c1c(NC(=O)CSc2n[nH]c3nc4ccccc4n23)sc2c1CC[C@H](C)C2. The summed E-state index contributed by atoms with van der Waals surface area (Å²) >= 11 is 2.82. The standard InChI is InChI=1S/C22H23N5O3S2/c1-3-30-20(29)18-13-9-8-12(2)10-16(13)32-19(18)24-17(28)11-31-22-26-25-21-23-14-6-4-5-7-15(14)27(21)22/h4-7,12H,3,8-11H2,1-2H3,(H,23,25)(H,24,28)/t12-/m0/s1. The molecule has 8 nitrogen and oxygen atoms in total. The number of rotatable bonds is 6. The molecule has 0 bridgehead atoms. The number of aromatic amines is 1. The summed E-state index contributed by atoms with van der Waals surface area (Å²) < 4.78 is 7.19. The second kappa shape index (κ2) is 8.59. The summed E-state index contributed by atoms with van der Waals surface area (Å²) in [5, 5.41) is 11.4. The number of aromatic nitrogens is 4. The van der Waals surface area contributed by atoms with Crippen molar-refractivity contribution in [2.45, 2.75) is 38.3 Å². The minimum atomic E-state index is -0.360. The molecule has 10 heteroatoms. The average Bonchev–Trinajstić information content (AvgIpc) is 3.43. The number of hydrogen-bond acceptors (Lipinski definition) is 7. The van der Waals surface area contributed by atoms with Crippen LogP contribution in [0.4, 0.5) is 5.00 Å². The molecule has 1 amide bonds. The molecule has 1 aromatic carbocycles. The van der Waals surface area contributed by atoms with E-state index in [4.69, 9.17) is 4.74 Å². The molecule has 3 heterocycles. The minimum Gasteiger partial charge on any atom is -0.462 e. The van der Waals surface area contributed by atoms with Crippen molar-refractivity contribution in [2.24, 2.45) is 5.92 Å². The van der Waals surface area contributed by atoms with Crippen molar-refractivity contribution in [1.29, 1.82) is 0 Å². The number of thioether (sulfide) groups is 1. The van der Waals surface area contributed by atoms with Gasteiger partial charge in [-0.2, -0.15) is 0 Å². The van der Waals surface area contributed by atoms with Crippen LogP contribution in [0.5, 0.6) is 0 Å². The summed E-state index contributed by atoms with van der Waals surface area (Å²) in [6.45, 7) is 4.31. The van der Waals surface area contributed by atoms with Crippen LogP contribution in [0.2, 0.25) is 0 Å². The fourth-order valence-electron chi connectivity index (χ4n) is 4.09. The number of para-hydroxylation sites is 2. The molecule has 0 saturated carbocycles. The fourth-order valence-corrected chi connectivity index (χ4v) is 6.26. The summed E-state index contributed by atoms with van der Waals surface area (Å²) in [4.78, 5) is 31.1. The smallest absolute Gasteiger partial charge is 0.341 e. The molecule has 1 aliphatic carbocycles. The largest absolute Gasteiger partial charge is 0.462 e. The van der Waals surface area contributed by atoms with E-state index >= 15 is 0 Å². The van der Waals surface area contributed by atoms with Crippen LogP contribution >= 0.6 is 23.1 Å². The number of carbonyl (C=O) groups is 2. The molecule has 1 atom stereocenters. The first-order valence-electron chi connectivity index (χ1n) is 10.6. The van der Waals surface area contributed by atoms with Crippen LogP contribution in [0.15, 0.2) is 29.4 Å². The third-order valence-corrected chi connectivity index (χ3v) is 7.69. The van der Waals surface area contributed by atoms with Crippen LogP contribution in [0.3, 0.4) is 0 Å². The number of fused-ring (bicyclic) bond motifs is 4. The van der Waals surface area contributed by atoms with Gasteiger partial charge in [0.15, 0.2) is 5.16 Å². The van der Waals surface area contributed by atoms with Gasteiger partial charge in [-0.1, -0.05) is 30.8 Å². The van der Waals surface area contributed by atoms with Crippen LogP contribution in [0.1, 0.15) is 41.1 Å². The van der Waals surface area contributed by atoms with Crippen molar-refractivity contribution >= 4 is 56.8 Å². The number of benzene rings is 1. The number of H-pyrrole nitrogens is 1. The number of amides is 1. The molecule has 0 fully saturated rings. The number of carbonyl (C=O) groups excluding carboxylic acids is 2. The van der Waals surface area contributed by atoms with Crippen molar-refractivity contribution < 1.29 is 14.3 Å². The molecule has 166 valence electrons. The van der Waals surface area contributed by atoms with E-state index in [2.05, 4.69) is 27.4 Å². The molecule has 5 rings (SSSR count). The van der Waals surface area contributed by atoms with Crippen LogP contribution in [0.25, 0.3) is 16.8 Å². The first-order valence-corrected chi connectivity index (χ1v) is 12.4. The summed E-state index contributed by atoms with van der Waals surface area (Å²) in [5.74, 6) is 0.823. The lowest BCUT2D eigenvalue weighted by Crippen LogP contribution is -2.17. The highest BCUT2D eigenvalue weighted by Gasteiger charge is 2.29. The summed E-state index contributed by atoms with van der Waals surface area (Å²) in [6.07, 6.45) is 2.80. The monoisotopic (exact) mass is 469 g/mol. The summed E-state index contributed by atoms with van der Waals surface area (Å²) in [7, 11) is 0. The van der Waals surface area contributed by atoms with E-state index in [9.17, 15) is 9.59 Å². The molecule has 0 saturated heterocycles. The van der Waals surface area contributed by atoms with Gasteiger partial charge in [-0.05, 0) is 49.8 Å². The molecule has 2 N–H and O–H groups in total. The molecule has 1 aliphatic rings. The second-order valence-electron chi connectivity index (χ2n) is 7.88. The predicted octanol–water partition coefficient (Wildman–Crippen LogP) is 4.30. The van der Waals surface area contributed by atoms with Crippen LogP contribution < -0.4 is 5.32 Å². The lowest BCUT2D eigenvalue weighted by atomic mass is 9.88. The minimum absolute atomic E-state index is 0.160. The van der Waals surface area contributed by atoms with Crippen LogP contribution in [-0.4, -0.2) is 43.8 Å². The van der Waals surface area contributed by atoms with Gasteiger partial charge < -0.3 is 10.1 Å². The Bertz CT molecular complexity index is 1320. The molecular formula is C22H23N5O3S2. The Morgan fingerprint density at radius 2 is 2.22 bits per heavy atom. The Labute approximate surface area is 192 Å². The number of thiophene rings is 1. The van der Waals surface area contributed by atoms with Crippen LogP contribution in [-0.2, 0) is 22.4 Å². The molecule has 0 spiro atoms. The quantitative estimate of drug-likeness (QED) is 0.322. The van der Waals surface area contributed by atoms with Crippen molar-refractivity contribution in [1.82, 2.24) is 19.6 Å². The number of esters is 1. The molecule has 32 heavy (non-hydrogen) atoms. The van der Waals surface area contributed by atoms with Gasteiger partial charge in [-0.15, -0.1) is 16.4 Å². The van der Waals surface area contributed by atoms with Gasteiger partial charge in [-0.3, -0.25) is 9.20 Å². The maximum Gasteiger partial charge on any atom is 0.341 e. The van der Waals surface area contributed by atoms with Crippen LogP contribution in [0, 0.1) is 5.92 Å². The van der Waals surface area contributed by atoms with E-state index in [-0.39, 0.29) is 17.6 Å². The van der Waals surface area contributed by atoms with Gasteiger partial charge in [-0.25, -0.2) is 14.9 Å². The predicted molar refractivity (Wildman–Crippen MR) is 126 cm³/mol. The van der Waals surface area contributed by atoms with Gasteiger partial charge in [0, 0.05) is 4.88 Å². The highest BCUT2D eigenvalue weighted by Crippen LogP contribution is 2.40. The molecule has 4 aromatic rings.